The second-order valence-electron chi connectivity index (χ2n) is 6.98. The van der Waals surface area contributed by atoms with Crippen LogP contribution in [0.2, 0.25) is 0 Å². The highest BCUT2D eigenvalue weighted by atomic mass is 15.2. The zero-order valence-corrected chi connectivity index (χ0v) is 12.5. The number of aryl methyl sites for hydroxylation is 1. The van der Waals surface area contributed by atoms with E-state index < -0.39 is 0 Å². The van der Waals surface area contributed by atoms with Crippen molar-refractivity contribution in [1.29, 1.82) is 0 Å². The van der Waals surface area contributed by atoms with Gasteiger partial charge in [-0.2, -0.15) is 0 Å². The Kier molecular flexibility index (Phi) is 3.30. The molecule has 0 saturated carbocycles. The van der Waals surface area contributed by atoms with Crippen LogP contribution in [0.15, 0.2) is 18.2 Å². The van der Waals surface area contributed by atoms with Gasteiger partial charge >= 0.3 is 0 Å². The molecule has 0 bridgehead atoms. The Morgan fingerprint density at radius 2 is 2.00 bits per heavy atom. The van der Waals surface area contributed by atoms with Gasteiger partial charge in [-0.1, -0.05) is 26.0 Å². The van der Waals surface area contributed by atoms with E-state index in [1.165, 1.54) is 55.8 Å². The van der Waals surface area contributed by atoms with Crippen LogP contribution in [0.25, 0.3) is 0 Å². The molecule has 0 unspecified atom stereocenters. The van der Waals surface area contributed by atoms with E-state index in [0.717, 1.165) is 5.92 Å². The molecule has 1 N–H and O–H groups in total. The lowest BCUT2D eigenvalue weighted by molar-refractivity contribution is 0.370. The van der Waals surface area contributed by atoms with Gasteiger partial charge < -0.3 is 10.2 Å². The molecule has 19 heavy (non-hydrogen) atoms. The van der Waals surface area contributed by atoms with E-state index in [2.05, 4.69) is 49.2 Å². The van der Waals surface area contributed by atoms with E-state index in [9.17, 15) is 0 Å². The Bertz CT molecular complexity index is 458. The third-order valence-electron chi connectivity index (χ3n) is 4.75. The summed E-state index contributed by atoms with van der Waals surface area (Å²) in [5.41, 5.74) is 4.71. The summed E-state index contributed by atoms with van der Waals surface area (Å²) in [7, 11) is 0. The SMILES string of the molecule is Cc1ccc2c(c1)N(CC1CCNCC1)CC2(C)C. The average molecular weight is 258 g/mol. The van der Waals surface area contributed by atoms with Gasteiger partial charge in [0.1, 0.15) is 0 Å². The molecule has 0 atom stereocenters. The highest BCUT2D eigenvalue weighted by molar-refractivity contribution is 5.63. The minimum atomic E-state index is 0.302. The predicted molar refractivity (Wildman–Crippen MR) is 82.0 cm³/mol. The largest absolute Gasteiger partial charge is 0.370 e. The number of hydrogen-bond acceptors (Lipinski definition) is 2. The number of hydrogen-bond donors (Lipinski definition) is 1. The second-order valence-corrected chi connectivity index (χ2v) is 6.98. The lowest BCUT2D eigenvalue weighted by Crippen LogP contribution is -2.37. The molecular weight excluding hydrogens is 232 g/mol. The van der Waals surface area contributed by atoms with Crippen LogP contribution in [0.4, 0.5) is 5.69 Å². The van der Waals surface area contributed by atoms with Gasteiger partial charge in [-0.25, -0.2) is 0 Å². The molecule has 0 aromatic heterocycles. The molecule has 1 aromatic rings. The van der Waals surface area contributed by atoms with Gasteiger partial charge in [0.2, 0.25) is 0 Å². The molecular formula is C17H26N2. The van der Waals surface area contributed by atoms with Gasteiger partial charge in [0.15, 0.2) is 0 Å². The van der Waals surface area contributed by atoms with Gasteiger partial charge in [-0.05, 0) is 56.0 Å². The van der Waals surface area contributed by atoms with Crippen molar-refractivity contribution in [2.24, 2.45) is 5.92 Å². The third kappa shape index (κ3) is 2.51. The van der Waals surface area contributed by atoms with Gasteiger partial charge in [0, 0.05) is 24.2 Å². The number of rotatable bonds is 2. The monoisotopic (exact) mass is 258 g/mol. The predicted octanol–water partition coefficient (Wildman–Crippen LogP) is 3.09. The summed E-state index contributed by atoms with van der Waals surface area (Å²) in [4.78, 5) is 2.64. The quantitative estimate of drug-likeness (QED) is 0.877. The second kappa shape index (κ2) is 4.82. The van der Waals surface area contributed by atoms with Crippen molar-refractivity contribution in [3.05, 3.63) is 29.3 Å². The summed E-state index contributed by atoms with van der Waals surface area (Å²) in [6, 6.07) is 6.98. The van der Waals surface area contributed by atoms with Crippen molar-refractivity contribution in [2.75, 3.05) is 31.1 Å². The fourth-order valence-corrected chi connectivity index (χ4v) is 3.66. The number of fused-ring (bicyclic) bond motifs is 1. The van der Waals surface area contributed by atoms with Crippen molar-refractivity contribution in [3.63, 3.8) is 0 Å². The number of nitrogens with zero attached hydrogens (tertiary/aromatic N) is 1. The maximum Gasteiger partial charge on any atom is 0.0407 e. The molecule has 0 amide bonds. The normalized spacial score (nSPS) is 22.6. The maximum atomic E-state index is 3.47. The van der Waals surface area contributed by atoms with E-state index in [1.54, 1.807) is 0 Å². The average Bonchev–Trinajstić information content (AvgIpc) is 2.62. The Labute approximate surface area is 117 Å². The first-order valence-electron chi connectivity index (χ1n) is 7.63. The molecule has 2 nitrogen and oxygen atoms in total. The third-order valence-corrected chi connectivity index (χ3v) is 4.75. The molecule has 1 aromatic carbocycles. The van der Waals surface area contributed by atoms with Crippen LogP contribution in [0, 0.1) is 12.8 Å². The van der Waals surface area contributed by atoms with Crippen LogP contribution in [-0.2, 0) is 5.41 Å². The Balaban J connectivity index is 1.82. The minimum Gasteiger partial charge on any atom is -0.370 e. The fraction of sp³-hybridized carbons (Fsp3) is 0.647. The fourth-order valence-electron chi connectivity index (χ4n) is 3.66. The molecule has 2 heteroatoms. The van der Waals surface area contributed by atoms with Crippen LogP contribution in [-0.4, -0.2) is 26.2 Å². The lowest BCUT2D eigenvalue weighted by atomic mass is 9.87. The van der Waals surface area contributed by atoms with E-state index in [0.29, 0.717) is 5.41 Å². The smallest absolute Gasteiger partial charge is 0.0407 e. The molecule has 2 aliphatic rings. The Morgan fingerprint density at radius 1 is 1.26 bits per heavy atom. The van der Waals surface area contributed by atoms with E-state index in [4.69, 9.17) is 0 Å². The molecule has 2 aliphatic heterocycles. The van der Waals surface area contributed by atoms with Crippen molar-refractivity contribution >= 4 is 5.69 Å². The van der Waals surface area contributed by atoms with Gasteiger partial charge in [0.05, 0.1) is 0 Å². The van der Waals surface area contributed by atoms with Crippen molar-refractivity contribution in [3.8, 4) is 0 Å². The zero-order valence-electron chi connectivity index (χ0n) is 12.5. The molecule has 1 fully saturated rings. The number of benzene rings is 1. The topological polar surface area (TPSA) is 15.3 Å². The van der Waals surface area contributed by atoms with Crippen LogP contribution < -0.4 is 10.2 Å². The molecule has 1 saturated heterocycles. The maximum absolute atomic E-state index is 3.47. The van der Waals surface area contributed by atoms with Gasteiger partial charge in [-0.3, -0.25) is 0 Å². The molecule has 0 spiro atoms. The summed E-state index contributed by atoms with van der Waals surface area (Å²) in [6.07, 6.45) is 2.66. The molecule has 0 radical (unpaired) electrons. The molecule has 2 heterocycles. The minimum absolute atomic E-state index is 0.302. The summed E-state index contributed by atoms with van der Waals surface area (Å²) in [5, 5.41) is 3.47. The van der Waals surface area contributed by atoms with E-state index >= 15 is 0 Å². The van der Waals surface area contributed by atoms with E-state index in [1.807, 2.05) is 0 Å². The summed E-state index contributed by atoms with van der Waals surface area (Å²) in [5.74, 6) is 0.864. The summed E-state index contributed by atoms with van der Waals surface area (Å²) < 4.78 is 0. The molecule has 104 valence electrons. The molecule has 3 rings (SSSR count). The zero-order chi connectivity index (χ0) is 13.5. The highest BCUT2D eigenvalue weighted by Gasteiger charge is 2.35. The highest BCUT2D eigenvalue weighted by Crippen LogP contribution is 2.41. The number of piperidine rings is 1. The first-order valence-corrected chi connectivity index (χ1v) is 7.63. The lowest BCUT2D eigenvalue weighted by Gasteiger charge is -2.30. The van der Waals surface area contributed by atoms with E-state index in [-0.39, 0.29) is 0 Å². The van der Waals surface area contributed by atoms with Crippen LogP contribution in [0.3, 0.4) is 0 Å². The first kappa shape index (κ1) is 13.0. The van der Waals surface area contributed by atoms with Crippen molar-refractivity contribution in [1.82, 2.24) is 5.32 Å². The van der Waals surface area contributed by atoms with Crippen LogP contribution in [0.1, 0.15) is 37.8 Å². The summed E-state index contributed by atoms with van der Waals surface area (Å²) >= 11 is 0. The molecule has 0 aliphatic carbocycles. The number of anilines is 1. The van der Waals surface area contributed by atoms with Crippen molar-refractivity contribution in [2.45, 2.75) is 39.0 Å². The van der Waals surface area contributed by atoms with Gasteiger partial charge in [-0.15, -0.1) is 0 Å². The standard InChI is InChI=1S/C17H26N2/c1-13-4-5-15-16(10-13)19(12-17(15,2)3)11-14-6-8-18-9-7-14/h4-5,10,14,18H,6-9,11-12H2,1-3H3. The van der Waals surface area contributed by atoms with Crippen LogP contribution in [0.5, 0.6) is 0 Å². The van der Waals surface area contributed by atoms with Gasteiger partial charge in [0.25, 0.3) is 0 Å². The summed E-state index contributed by atoms with van der Waals surface area (Å²) in [6.45, 7) is 11.8. The Morgan fingerprint density at radius 3 is 2.74 bits per heavy atom. The van der Waals surface area contributed by atoms with Crippen LogP contribution >= 0.6 is 0 Å². The Hall–Kier alpha value is -1.02. The number of nitrogens with one attached hydrogen (secondary N) is 1. The first-order chi connectivity index (χ1) is 9.06. The van der Waals surface area contributed by atoms with Crippen molar-refractivity contribution < 1.29 is 0 Å².